The van der Waals surface area contributed by atoms with Crippen LogP contribution in [0.4, 0.5) is 13.2 Å². The van der Waals surface area contributed by atoms with Gasteiger partial charge in [0, 0.05) is 0 Å². The minimum atomic E-state index is -4.33. The Morgan fingerprint density at radius 3 is 1.71 bits per heavy atom. The van der Waals surface area contributed by atoms with Gasteiger partial charge in [-0.05, 0) is 29.9 Å². The lowest BCUT2D eigenvalue weighted by Crippen LogP contribution is -2.20. The third-order valence-corrected chi connectivity index (χ3v) is 2.64. The molecule has 0 saturated heterocycles. The summed E-state index contributed by atoms with van der Waals surface area (Å²) >= 11 is 0. The second-order valence-corrected chi connectivity index (χ2v) is 4.59. The summed E-state index contributed by atoms with van der Waals surface area (Å²) in [6.45, 7) is 12.2. The van der Waals surface area contributed by atoms with Gasteiger partial charge in [0.1, 0.15) is 0 Å². The highest BCUT2D eigenvalue weighted by molar-refractivity contribution is 5.44. The molecule has 0 heterocycles. The molecule has 0 unspecified atom stereocenters. The van der Waals surface area contributed by atoms with Crippen molar-refractivity contribution < 1.29 is 13.2 Å². The number of alkyl halides is 3. The van der Waals surface area contributed by atoms with Crippen molar-refractivity contribution in [3.05, 3.63) is 35.5 Å². The largest absolute Gasteiger partial charge is 0.416 e. The highest BCUT2D eigenvalue weighted by atomic mass is 19.4. The summed E-state index contributed by atoms with van der Waals surface area (Å²) in [6, 6.07) is 0. The summed E-state index contributed by atoms with van der Waals surface area (Å²) in [5.41, 5.74) is 0.0698. The van der Waals surface area contributed by atoms with Gasteiger partial charge in [-0.3, -0.25) is 0 Å². The first-order valence-electron chi connectivity index (χ1n) is 5.77. The topological polar surface area (TPSA) is 0 Å². The van der Waals surface area contributed by atoms with Crippen LogP contribution < -0.4 is 0 Å². The van der Waals surface area contributed by atoms with Crippen LogP contribution in [0.15, 0.2) is 35.5 Å². The summed E-state index contributed by atoms with van der Waals surface area (Å²) in [5, 5.41) is 0. The number of halogens is 3. The van der Waals surface area contributed by atoms with Crippen LogP contribution in [0.1, 0.15) is 34.6 Å². The van der Waals surface area contributed by atoms with Crippen LogP contribution in [0.2, 0.25) is 0 Å². The fourth-order valence-electron chi connectivity index (χ4n) is 1.89. The standard InChI is InChI=1S/C14H21F3/c1-7-11(9(3)4)13(14(15,16)17)12(8-2)10(5)6/h7-10H,1H2,2-6H3/b12-8-,13-11-. The van der Waals surface area contributed by atoms with E-state index in [1.54, 1.807) is 40.7 Å². The van der Waals surface area contributed by atoms with E-state index in [1.165, 1.54) is 6.08 Å². The molecule has 0 saturated carbocycles. The molecule has 0 aliphatic carbocycles. The minimum absolute atomic E-state index is 0.162. The highest BCUT2D eigenvalue weighted by Crippen LogP contribution is 2.39. The third-order valence-electron chi connectivity index (χ3n) is 2.64. The van der Waals surface area contributed by atoms with E-state index < -0.39 is 11.7 Å². The van der Waals surface area contributed by atoms with Crippen LogP contribution in [0, 0.1) is 11.8 Å². The summed E-state index contributed by atoms with van der Waals surface area (Å²) in [6.07, 6.45) is -1.47. The van der Waals surface area contributed by atoms with Crippen molar-refractivity contribution in [2.24, 2.45) is 11.8 Å². The molecule has 0 N–H and O–H groups in total. The molecule has 0 aromatic heterocycles. The van der Waals surface area contributed by atoms with Crippen LogP contribution in [-0.4, -0.2) is 6.18 Å². The average Bonchev–Trinajstić information content (AvgIpc) is 2.15. The van der Waals surface area contributed by atoms with Crippen LogP contribution in [-0.2, 0) is 0 Å². The first kappa shape index (κ1) is 16.0. The molecule has 17 heavy (non-hydrogen) atoms. The summed E-state index contributed by atoms with van der Waals surface area (Å²) < 4.78 is 39.5. The zero-order chi connectivity index (χ0) is 13.8. The Labute approximate surface area is 102 Å². The maximum absolute atomic E-state index is 13.2. The van der Waals surface area contributed by atoms with E-state index in [0.717, 1.165) is 0 Å². The van der Waals surface area contributed by atoms with Gasteiger partial charge in [0.2, 0.25) is 0 Å². The van der Waals surface area contributed by atoms with E-state index in [2.05, 4.69) is 6.58 Å². The molecule has 0 radical (unpaired) electrons. The first-order chi connectivity index (χ1) is 7.66. The Bertz CT molecular complexity index is 328. The molecule has 0 atom stereocenters. The fourth-order valence-corrected chi connectivity index (χ4v) is 1.89. The Kier molecular flexibility index (Phi) is 5.73. The molecule has 0 rings (SSSR count). The molecule has 0 aliphatic heterocycles. The van der Waals surface area contributed by atoms with Gasteiger partial charge in [0.15, 0.2) is 0 Å². The number of allylic oxidation sites excluding steroid dienone is 5. The molecular weight excluding hydrogens is 225 g/mol. The van der Waals surface area contributed by atoms with Crippen molar-refractivity contribution in [3.8, 4) is 0 Å². The Morgan fingerprint density at radius 2 is 1.53 bits per heavy atom. The van der Waals surface area contributed by atoms with E-state index in [4.69, 9.17) is 0 Å². The van der Waals surface area contributed by atoms with Crippen LogP contribution in [0.25, 0.3) is 0 Å². The third kappa shape index (κ3) is 4.06. The fraction of sp³-hybridized carbons (Fsp3) is 0.571. The lowest BCUT2D eigenvalue weighted by atomic mass is 9.87. The SMILES string of the molecule is C=C/C(=C(\C(=C/C)C(C)C)C(F)(F)F)C(C)C. The molecule has 0 bridgehead atoms. The molecule has 0 nitrogen and oxygen atoms in total. The van der Waals surface area contributed by atoms with Crippen molar-refractivity contribution in [2.45, 2.75) is 40.8 Å². The Balaban J connectivity index is 6.00. The van der Waals surface area contributed by atoms with E-state index in [-0.39, 0.29) is 17.4 Å². The van der Waals surface area contributed by atoms with Gasteiger partial charge in [-0.25, -0.2) is 0 Å². The maximum Gasteiger partial charge on any atom is 0.416 e. The van der Waals surface area contributed by atoms with Gasteiger partial charge in [0.05, 0.1) is 5.57 Å². The predicted molar refractivity (Wildman–Crippen MR) is 66.7 cm³/mol. The van der Waals surface area contributed by atoms with Crippen LogP contribution >= 0.6 is 0 Å². The summed E-state index contributed by atoms with van der Waals surface area (Å²) in [4.78, 5) is 0. The highest BCUT2D eigenvalue weighted by Gasteiger charge is 2.38. The quantitative estimate of drug-likeness (QED) is 0.591. The maximum atomic E-state index is 13.2. The van der Waals surface area contributed by atoms with Crippen molar-refractivity contribution >= 4 is 0 Å². The first-order valence-corrected chi connectivity index (χ1v) is 5.77. The lowest BCUT2D eigenvalue weighted by Gasteiger charge is -2.23. The van der Waals surface area contributed by atoms with Gasteiger partial charge < -0.3 is 0 Å². The van der Waals surface area contributed by atoms with Gasteiger partial charge >= 0.3 is 6.18 Å². The van der Waals surface area contributed by atoms with Crippen molar-refractivity contribution in [3.63, 3.8) is 0 Å². The molecule has 0 spiro atoms. The number of hydrogen-bond donors (Lipinski definition) is 0. The normalized spacial score (nSPS) is 15.3. The lowest BCUT2D eigenvalue weighted by molar-refractivity contribution is -0.0910. The second kappa shape index (κ2) is 6.08. The number of rotatable bonds is 4. The van der Waals surface area contributed by atoms with E-state index in [9.17, 15) is 13.2 Å². The monoisotopic (exact) mass is 246 g/mol. The zero-order valence-corrected chi connectivity index (χ0v) is 11.2. The molecule has 3 heteroatoms. The van der Waals surface area contributed by atoms with Gasteiger partial charge in [0.25, 0.3) is 0 Å². The van der Waals surface area contributed by atoms with Gasteiger partial charge in [-0.1, -0.05) is 46.4 Å². The van der Waals surface area contributed by atoms with E-state index >= 15 is 0 Å². The molecule has 0 aromatic rings. The Hall–Kier alpha value is -0.990. The Morgan fingerprint density at radius 1 is 1.06 bits per heavy atom. The molecule has 0 amide bonds. The van der Waals surface area contributed by atoms with Crippen LogP contribution in [0.3, 0.4) is 0 Å². The summed E-state index contributed by atoms with van der Waals surface area (Å²) in [7, 11) is 0. The van der Waals surface area contributed by atoms with Crippen molar-refractivity contribution in [1.29, 1.82) is 0 Å². The van der Waals surface area contributed by atoms with Gasteiger partial charge in [-0.15, -0.1) is 0 Å². The average molecular weight is 246 g/mol. The van der Waals surface area contributed by atoms with Crippen molar-refractivity contribution in [1.82, 2.24) is 0 Å². The molecule has 0 fully saturated rings. The summed E-state index contributed by atoms with van der Waals surface area (Å²) in [5.74, 6) is -0.358. The van der Waals surface area contributed by atoms with Crippen molar-refractivity contribution in [2.75, 3.05) is 0 Å². The molecule has 0 aromatic carbocycles. The number of hydrogen-bond acceptors (Lipinski definition) is 0. The molecule has 0 aliphatic rings. The van der Waals surface area contributed by atoms with Gasteiger partial charge in [-0.2, -0.15) is 13.2 Å². The second-order valence-electron chi connectivity index (χ2n) is 4.59. The smallest absolute Gasteiger partial charge is 0.166 e. The van der Waals surface area contributed by atoms with Crippen LogP contribution in [0.5, 0.6) is 0 Å². The molecular formula is C14H21F3. The molecule has 98 valence electrons. The van der Waals surface area contributed by atoms with E-state index in [0.29, 0.717) is 5.57 Å². The predicted octanol–water partition coefficient (Wildman–Crippen LogP) is 5.29. The minimum Gasteiger partial charge on any atom is -0.166 e. The van der Waals surface area contributed by atoms with E-state index in [1.807, 2.05) is 0 Å². The zero-order valence-electron chi connectivity index (χ0n) is 11.2.